The first-order valence-corrected chi connectivity index (χ1v) is 8.62. The Morgan fingerprint density at radius 2 is 1.46 bits per heavy atom. The van der Waals surface area contributed by atoms with Crippen LogP contribution < -0.4 is 9.47 Å². The van der Waals surface area contributed by atoms with E-state index >= 15 is 0 Å². The van der Waals surface area contributed by atoms with Crippen molar-refractivity contribution in [2.24, 2.45) is 0 Å². The van der Waals surface area contributed by atoms with Gasteiger partial charge in [0.1, 0.15) is 11.5 Å². The molecule has 1 heterocycles. The first kappa shape index (κ1) is 16.4. The lowest BCUT2D eigenvalue weighted by Gasteiger charge is -2.11. The largest absolute Gasteiger partial charge is 0.497 e. The molecule has 0 fully saturated rings. The highest BCUT2D eigenvalue weighted by Crippen LogP contribution is 2.29. The van der Waals surface area contributed by atoms with Gasteiger partial charge in [0.15, 0.2) is 11.0 Å². The highest BCUT2D eigenvalue weighted by atomic mass is 32.2. The summed E-state index contributed by atoms with van der Waals surface area (Å²) in [6.07, 6.45) is 0. The van der Waals surface area contributed by atoms with Gasteiger partial charge in [-0.1, -0.05) is 18.7 Å². The molecule has 124 valence electrons. The van der Waals surface area contributed by atoms with Crippen LogP contribution in [-0.2, 0) is 0 Å². The van der Waals surface area contributed by atoms with E-state index in [1.165, 1.54) is 0 Å². The molecule has 0 bridgehead atoms. The second-order valence-electron chi connectivity index (χ2n) is 5.00. The van der Waals surface area contributed by atoms with Gasteiger partial charge >= 0.3 is 0 Å². The van der Waals surface area contributed by atoms with Crippen LogP contribution in [0.2, 0.25) is 0 Å². The predicted octanol–water partition coefficient (Wildman–Crippen LogP) is 4.06. The van der Waals surface area contributed by atoms with Crippen LogP contribution >= 0.6 is 11.8 Å². The van der Waals surface area contributed by atoms with Crippen LogP contribution in [0.4, 0.5) is 0 Å². The number of ether oxygens (including phenoxy) is 2. The number of rotatable bonds is 6. The van der Waals surface area contributed by atoms with Crippen molar-refractivity contribution in [2.75, 3.05) is 20.0 Å². The molecular formula is C18H19N3O2S. The molecule has 0 aliphatic carbocycles. The van der Waals surface area contributed by atoms with Crippen LogP contribution in [0.3, 0.4) is 0 Å². The standard InChI is InChI=1S/C18H19N3O2S/c1-4-24-18-20-19-17(13-5-9-15(22-2)10-6-13)21(18)14-7-11-16(23-3)12-8-14/h5-12H,4H2,1-3H3. The Balaban J connectivity index is 2.08. The Bertz CT molecular complexity index is 798. The Labute approximate surface area is 145 Å². The number of aromatic nitrogens is 3. The number of benzene rings is 2. The van der Waals surface area contributed by atoms with Gasteiger partial charge < -0.3 is 9.47 Å². The Morgan fingerprint density at radius 3 is 2.00 bits per heavy atom. The van der Waals surface area contributed by atoms with Gasteiger partial charge in [0, 0.05) is 11.3 Å². The average Bonchev–Trinajstić information content (AvgIpc) is 3.06. The lowest BCUT2D eigenvalue weighted by molar-refractivity contribution is 0.414. The van der Waals surface area contributed by atoms with Gasteiger partial charge in [0.05, 0.1) is 14.2 Å². The first-order chi connectivity index (χ1) is 11.8. The van der Waals surface area contributed by atoms with Gasteiger partial charge in [0.25, 0.3) is 0 Å². The van der Waals surface area contributed by atoms with E-state index in [2.05, 4.69) is 21.7 Å². The minimum Gasteiger partial charge on any atom is -0.497 e. The highest BCUT2D eigenvalue weighted by Gasteiger charge is 2.15. The third-order valence-corrected chi connectivity index (χ3v) is 4.40. The van der Waals surface area contributed by atoms with Crippen molar-refractivity contribution in [3.05, 3.63) is 48.5 Å². The number of thioether (sulfide) groups is 1. The van der Waals surface area contributed by atoms with E-state index in [0.29, 0.717) is 0 Å². The number of nitrogens with zero attached hydrogens (tertiary/aromatic N) is 3. The molecule has 0 aliphatic rings. The summed E-state index contributed by atoms with van der Waals surface area (Å²) in [5, 5.41) is 9.63. The molecule has 0 unspecified atom stereocenters. The molecule has 0 aliphatic heterocycles. The maximum absolute atomic E-state index is 5.25. The SMILES string of the molecule is CCSc1nnc(-c2ccc(OC)cc2)n1-c1ccc(OC)cc1. The summed E-state index contributed by atoms with van der Waals surface area (Å²) in [5.41, 5.74) is 1.99. The van der Waals surface area contributed by atoms with E-state index in [-0.39, 0.29) is 0 Å². The molecule has 0 amide bonds. The van der Waals surface area contributed by atoms with Crippen LogP contribution in [-0.4, -0.2) is 34.7 Å². The Hall–Kier alpha value is -2.47. The van der Waals surface area contributed by atoms with Crippen molar-refractivity contribution in [3.8, 4) is 28.6 Å². The molecule has 0 atom stereocenters. The van der Waals surface area contributed by atoms with E-state index in [1.54, 1.807) is 26.0 Å². The third-order valence-electron chi connectivity index (χ3n) is 3.59. The molecule has 0 saturated carbocycles. The van der Waals surface area contributed by atoms with Crippen LogP contribution in [0.25, 0.3) is 17.1 Å². The fraction of sp³-hybridized carbons (Fsp3) is 0.222. The van der Waals surface area contributed by atoms with Gasteiger partial charge in [-0.15, -0.1) is 10.2 Å². The quantitative estimate of drug-likeness (QED) is 0.633. The maximum atomic E-state index is 5.25. The van der Waals surface area contributed by atoms with Gasteiger partial charge in [-0.3, -0.25) is 4.57 Å². The summed E-state index contributed by atoms with van der Waals surface area (Å²) in [4.78, 5) is 0. The van der Waals surface area contributed by atoms with Crippen LogP contribution in [0, 0.1) is 0 Å². The summed E-state index contributed by atoms with van der Waals surface area (Å²) in [6, 6.07) is 15.7. The predicted molar refractivity (Wildman–Crippen MR) is 96.3 cm³/mol. The highest BCUT2D eigenvalue weighted by molar-refractivity contribution is 7.99. The molecule has 0 saturated heterocycles. The number of hydrogen-bond donors (Lipinski definition) is 0. The van der Waals surface area contributed by atoms with Crippen LogP contribution in [0.1, 0.15) is 6.92 Å². The molecule has 6 heteroatoms. The summed E-state index contributed by atoms with van der Waals surface area (Å²) >= 11 is 1.66. The number of hydrogen-bond acceptors (Lipinski definition) is 5. The zero-order valence-electron chi connectivity index (χ0n) is 13.9. The molecule has 2 aromatic carbocycles. The summed E-state index contributed by atoms with van der Waals surface area (Å²) in [6.45, 7) is 2.10. The second kappa shape index (κ2) is 7.40. The van der Waals surface area contributed by atoms with Crippen molar-refractivity contribution in [1.82, 2.24) is 14.8 Å². The zero-order valence-corrected chi connectivity index (χ0v) is 14.7. The molecule has 0 spiro atoms. The van der Waals surface area contributed by atoms with Crippen molar-refractivity contribution in [3.63, 3.8) is 0 Å². The van der Waals surface area contributed by atoms with Gasteiger partial charge in [-0.25, -0.2) is 0 Å². The van der Waals surface area contributed by atoms with E-state index in [1.807, 2.05) is 48.5 Å². The fourth-order valence-corrected chi connectivity index (χ4v) is 3.06. The monoisotopic (exact) mass is 341 g/mol. The first-order valence-electron chi connectivity index (χ1n) is 7.64. The molecule has 5 nitrogen and oxygen atoms in total. The smallest absolute Gasteiger partial charge is 0.196 e. The second-order valence-corrected chi connectivity index (χ2v) is 6.23. The summed E-state index contributed by atoms with van der Waals surface area (Å²) in [5.74, 6) is 3.37. The molecule has 3 rings (SSSR count). The molecular weight excluding hydrogens is 322 g/mol. The van der Waals surface area contributed by atoms with Crippen molar-refractivity contribution in [1.29, 1.82) is 0 Å². The fourth-order valence-electron chi connectivity index (χ4n) is 2.38. The molecule has 1 aromatic heterocycles. The normalized spacial score (nSPS) is 10.6. The molecule has 3 aromatic rings. The van der Waals surface area contributed by atoms with Crippen LogP contribution in [0.15, 0.2) is 53.7 Å². The minimum atomic E-state index is 0.804. The molecule has 24 heavy (non-hydrogen) atoms. The van der Waals surface area contributed by atoms with E-state index in [4.69, 9.17) is 9.47 Å². The summed E-state index contributed by atoms with van der Waals surface area (Å²) < 4.78 is 12.5. The van der Waals surface area contributed by atoms with Crippen LogP contribution in [0.5, 0.6) is 11.5 Å². The Kier molecular flexibility index (Phi) is 5.05. The van der Waals surface area contributed by atoms with Gasteiger partial charge in [-0.05, 0) is 54.3 Å². The third kappa shape index (κ3) is 3.23. The molecule has 0 N–H and O–H groups in total. The van der Waals surface area contributed by atoms with E-state index < -0.39 is 0 Å². The lowest BCUT2D eigenvalue weighted by atomic mass is 10.2. The van der Waals surface area contributed by atoms with Crippen molar-refractivity contribution >= 4 is 11.8 Å². The maximum Gasteiger partial charge on any atom is 0.196 e. The van der Waals surface area contributed by atoms with E-state index in [9.17, 15) is 0 Å². The van der Waals surface area contributed by atoms with Crippen molar-refractivity contribution in [2.45, 2.75) is 12.1 Å². The lowest BCUT2D eigenvalue weighted by Crippen LogP contribution is -2.00. The van der Waals surface area contributed by atoms with Gasteiger partial charge in [-0.2, -0.15) is 0 Å². The topological polar surface area (TPSA) is 49.2 Å². The summed E-state index contributed by atoms with van der Waals surface area (Å²) in [7, 11) is 3.32. The minimum absolute atomic E-state index is 0.804. The zero-order chi connectivity index (χ0) is 16.9. The van der Waals surface area contributed by atoms with E-state index in [0.717, 1.165) is 39.5 Å². The van der Waals surface area contributed by atoms with Gasteiger partial charge in [0.2, 0.25) is 0 Å². The number of methoxy groups -OCH3 is 2. The Morgan fingerprint density at radius 1 is 0.875 bits per heavy atom. The van der Waals surface area contributed by atoms with Crippen molar-refractivity contribution < 1.29 is 9.47 Å². The molecule has 0 radical (unpaired) electrons. The average molecular weight is 341 g/mol.